The molecule has 0 unspecified atom stereocenters. The Morgan fingerprint density at radius 2 is 0.917 bits per heavy atom. The van der Waals surface area contributed by atoms with Gasteiger partial charge in [0.05, 0.1) is 0 Å². The summed E-state index contributed by atoms with van der Waals surface area (Å²) in [5.74, 6) is 0. The molecule has 0 saturated carbocycles. The van der Waals surface area contributed by atoms with Gasteiger partial charge in [0.25, 0.3) is 9.28 Å². The van der Waals surface area contributed by atoms with Crippen molar-refractivity contribution in [1.29, 1.82) is 0 Å². The molecule has 5 heteroatoms. The Morgan fingerprint density at radius 1 is 0.667 bits per heavy atom. The Morgan fingerprint density at radius 3 is 1.08 bits per heavy atom. The van der Waals surface area contributed by atoms with Crippen molar-refractivity contribution in [2.45, 2.75) is 47.6 Å². The van der Waals surface area contributed by atoms with Crippen LogP contribution >= 0.6 is 0 Å². The highest BCUT2D eigenvalue weighted by atomic mass is 28.4. The van der Waals surface area contributed by atoms with Gasteiger partial charge in [0.2, 0.25) is 0 Å². The molecule has 0 atom stereocenters. The fraction of sp³-hybridized carbons (Fsp3) is 1.00. The van der Waals surface area contributed by atoms with E-state index in [4.69, 9.17) is 8.23 Å². The highest BCUT2D eigenvalue weighted by Crippen LogP contribution is 1.95. The van der Waals surface area contributed by atoms with Crippen molar-refractivity contribution in [3.63, 3.8) is 0 Å². The molecular formula is C7H26O2Si3. The van der Waals surface area contributed by atoms with Gasteiger partial charge in [-0.05, 0) is 32.7 Å². The maximum Gasteiger partial charge on any atom is 0.297 e. The normalized spacial score (nSPS) is 10.0. The van der Waals surface area contributed by atoms with Crippen LogP contribution in [0.25, 0.3) is 0 Å². The lowest BCUT2D eigenvalue weighted by Gasteiger charge is -2.17. The van der Waals surface area contributed by atoms with Crippen LogP contribution in [0.1, 0.15) is 14.9 Å². The van der Waals surface area contributed by atoms with E-state index in [2.05, 4.69) is 32.7 Å². The standard InChI is InChI=1S/C5H18O2Si3.2CH4/c1-8(2)6-10(5)7-9(3)4;;/h8-10H,1-5H3;2*1H4. The second-order valence-electron chi connectivity index (χ2n) is 2.94. The molecule has 0 saturated heterocycles. The third-order valence-electron chi connectivity index (χ3n) is 0.928. The summed E-state index contributed by atoms with van der Waals surface area (Å²) in [6, 6.07) is 0. The maximum absolute atomic E-state index is 5.65. The fourth-order valence-electron chi connectivity index (χ4n) is 0.799. The first-order valence-electron chi connectivity index (χ1n) is 3.83. The van der Waals surface area contributed by atoms with Crippen LogP contribution in [0, 0.1) is 0 Å². The molecule has 0 aromatic rings. The highest BCUT2D eigenvalue weighted by molar-refractivity contribution is 6.66. The van der Waals surface area contributed by atoms with E-state index in [0.717, 1.165) is 0 Å². The van der Waals surface area contributed by atoms with Crippen LogP contribution in [0.4, 0.5) is 0 Å². The molecule has 0 N–H and O–H groups in total. The SMILES string of the molecule is C.C.C[SiH](C)O[SiH](C)O[SiH](C)C. The molecule has 0 radical (unpaired) electrons. The van der Waals surface area contributed by atoms with E-state index in [9.17, 15) is 0 Å². The largest absolute Gasteiger partial charge is 0.442 e. The zero-order valence-corrected chi connectivity index (χ0v) is 11.0. The summed E-state index contributed by atoms with van der Waals surface area (Å²) in [6.45, 7) is 10.9. The lowest BCUT2D eigenvalue weighted by molar-refractivity contribution is 0.449. The van der Waals surface area contributed by atoms with Crippen LogP contribution in [0.5, 0.6) is 0 Å². The first kappa shape index (κ1) is 18.4. The average molecular weight is 227 g/mol. The van der Waals surface area contributed by atoms with E-state index in [1.54, 1.807) is 0 Å². The van der Waals surface area contributed by atoms with Crippen LogP contribution in [0.2, 0.25) is 32.7 Å². The molecule has 0 aliphatic rings. The summed E-state index contributed by atoms with van der Waals surface area (Å²) in [4.78, 5) is 0. The molecule has 0 aromatic heterocycles. The van der Waals surface area contributed by atoms with E-state index in [-0.39, 0.29) is 14.9 Å². The summed E-state index contributed by atoms with van der Waals surface area (Å²) in [5.41, 5.74) is 0. The predicted octanol–water partition coefficient (Wildman–Crippen LogP) is 2.11. The highest BCUT2D eigenvalue weighted by Gasteiger charge is 2.09. The van der Waals surface area contributed by atoms with Gasteiger partial charge in [-0.2, -0.15) is 0 Å². The Bertz CT molecular complexity index is 78.7. The fourth-order valence-corrected chi connectivity index (χ4v) is 7.77. The minimum atomic E-state index is -1.19. The van der Waals surface area contributed by atoms with Gasteiger partial charge in [-0.3, -0.25) is 0 Å². The number of hydrogen-bond acceptors (Lipinski definition) is 2. The number of rotatable bonds is 4. The van der Waals surface area contributed by atoms with Crippen LogP contribution in [0.3, 0.4) is 0 Å². The minimum absolute atomic E-state index is 0. The average Bonchev–Trinajstić information content (AvgIpc) is 1.58. The predicted molar refractivity (Wildman–Crippen MR) is 66.4 cm³/mol. The molecule has 2 nitrogen and oxygen atoms in total. The molecule has 0 heterocycles. The van der Waals surface area contributed by atoms with E-state index < -0.39 is 27.4 Å². The van der Waals surface area contributed by atoms with Gasteiger partial charge in [-0.25, -0.2) is 0 Å². The van der Waals surface area contributed by atoms with Crippen molar-refractivity contribution in [2.24, 2.45) is 0 Å². The van der Waals surface area contributed by atoms with Gasteiger partial charge in [0, 0.05) is 0 Å². The van der Waals surface area contributed by atoms with Crippen LogP contribution in [0.15, 0.2) is 0 Å². The van der Waals surface area contributed by atoms with E-state index in [0.29, 0.717) is 0 Å². The topological polar surface area (TPSA) is 18.5 Å². The molecule has 0 fully saturated rings. The van der Waals surface area contributed by atoms with E-state index >= 15 is 0 Å². The quantitative estimate of drug-likeness (QED) is 0.684. The van der Waals surface area contributed by atoms with Crippen molar-refractivity contribution in [3.8, 4) is 0 Å². The van der Waals surface area contributed by atoms with Crippen molar-refractivity contribution < 1.29 is 8.23 Å². The summed E-state index contributed by atoms with van der Waals surface area (Å²) in [5, 5.41) is 0. The first-order valence-corrected chi connectivity index (χ1v) is 11.5. The molecule has 78 valence electrons. The van der Waals surface area contributed by atoms with E-state index in [1.165, 1.54) is 0 Å². The van der Waals surface area contributed by atoms with Crippen molar-refractivity contribution in [2.75, 3.05) is 0 Å². The van der Waals surface area contributed by atoms with E-state index in [1.807, 2.05) is 0 Å². The monoisotopic (exact) mass is 226 g/mol. The molecule has 0 aliphatic carbocycles. The zero-order chi connectivity index (χ0) is 8.15. The van der Waals surface area contributed by atoms with Gasteiger partial charge in [-0.1, -0.05) is 14.9 Å². The second kappa shape index (κ2) is 9.66. The molecule has 12 heavy (non-hydrogen) atoms. The van der Waals surface area contributed by atoms with Crippen molar-refractivity contribution in [3.05, 3.63) is 0 Å². The van der Waals surface area contributed by atoms with Gasteiger partial charge in [0.1, 0.15) is 0 Å². The molecule has 0 bridgehead atoms. The zero-order valence-electron chi connectivity index (χ0n) is 7.55. The van der Waals surface area contributed by atoms with Gasteiger partial charge < -0.3 is 8.23 Å². The third-order valence-corrected chi connectivity index (χ3v) is 8.35. The maximum atomic E-state index is 5.65. The lowest BCUT2D eigenvalue weighted by Crippen LogP contribution is -2.29. The van der Waals surface area contributed by atoms with Crippen LogP contribution in [-0.4, -0.2) is 27.4 Å². The Labute approximate surface area is 83.6 Å². The molecule has 0 rings (SSSR count). The minimum Gasteiger partial charge on any atom is -0.442 e. The molecular weight excluding hydrogens is 200 g/mol. The summed E-state index contributed by atoms with van der Waals surface area (Å²) in [7, 11) is -2.85. The Kier molecular flexibility index (Phi) is 14.8. The Balaban J connectivity index is -0.000000405. The van der Waals surface area contributed by atoms with Gasteiger partial charge in [0.15, 0.2) is 18.1 Å². The van der Waals surface area contributed by atoms with Crippen molar-refractivity contribution in [1.82, 2.24) is 0 Å². The number of hydrogen-bond donors (Lipinski definition) is 0. The molecule has 0 spiro atoms. The molecule has 0 amide bonds. The second-order valence-corrected chi connectivity index (χ2v) is 10.4. The van der Waals surface area contributed by atoms with Gasteiger partial charge in [-0.15, -0.1) is 0 Å². The third kappa shape index (κ3) is 13.2. The molecule has 0 aromatic carbocycles. The Hall–Kier alpha value is 0.571. The summed E-state index contributed by atoms with van der Waals surface area (Å²) >= 11 is 0. The van der Waals surface area contributed by atoms with Crippen LogP contribution < -0.4 is 0 Å². The van der Waals surface area contributed by atoms with Crippen LogP contribution in [-0.2, 0) is 8.23 Å². The van der Waals surface area contributed by atoms with Crippen molar-refractivity contribution >= 4 is 27.4 Å². The lowest BCUT2D eigenvalue weighted by atomic mass is 11.9. The van der Waals surface area contributed by atoms with Gasteiger partial charge >= 0.3 is 0 Å². The first-order chi connectivity index (χ1) is 4.52. The molecule has 0 aliphatic heterocycles. The summed E-state index contributed by atoms with van der Waals surface area (Å²) in [6.07, 6.45) is 0. The smallest absolute Gasteiger partial charge is 0.297 e. The summed E-state index contributed by atoms with van der Waals surface area (Å²) < 4.78 is 11.3.